The zero-order valence-electron chi connectivity index (χ0n) is 27.1. The molecule has 0 atom stereocenters. The van der Waals surface area contributed by atoms with Gasteiger partial charge in [0.25, 0.3) is 0 Å². The molecule has 0 amide bonds. The van der Waals surface area contributed by atoms with Crippen molar-refractivity contribution in [2.24, 2.45) is 0 Å². The molecule has 3 aromatic rings. The molecule has 11 heteroatoms. The van der Waals surface area contributed by atoms with Crippen LogP contribution in [0.15, 0.2) is 36.9 Å². The second-order valence-electron chi connectivity index (χ2n) is 11.4. The first kappa shape index (κ1) is 33.2. The Kier molecular flexibility index (Phi) is 9.37. The zero-order chi connectivity index (χ0) is 34.2. The number of aryl methyl sites for hydroxylation is 2. The number of nitrogens with one attached hydrogen (secondary N) is 2. The molecule has 2 aliphatic rings. The first-order valence-electron chi connectivity index (χ1n) is 15.0. The summed E-state index contributed by atoms with van der Waals surface area (Å²) in [7, 11) is 2.64. The normalized spacial score (nSPS) is 12.8. The van der Waals surface area contributed by atoms with E-state index in [1.54, 1.807) is 25.1 Å². The van der Waals surface area contributed by atoms with Gasteiger partial charge < -0.3 is 19.4 Å². The Morgan fingerprint density at radius 2 is 1.21 bits per heavy atom. The van der Waals surface area contributed by atoms with E-state index in [9.17, 15) is 18.4 Å². The van der Waals surface area contributed by atoms with E-state index in [1.807, 2.05) is 26.8 Å². The number of hydrogen-bond acceptors (Lipinski definition) is 6. The number of H-pyrrole nitrogens is 2. The lowest BCUT2D eigenvalue weighted by atomic mass is 9.98. The molecule has 0 aromatic carbocycles. The van der Waals surface area contributed by atoms with Gasteiger partial charge in [0.05, 0.1) is 42.5 Å². The Balaban J connectivity index is 1.94. The number of allylic oxidation sites excluding steroid dienone is 4. The van der Waals surface area contributed by atoms with E-state index in [0.717, 1.165) is 33.4 Å². The van der Waals surface area contributed by atoms with Crippen molar-refractivity contribution in [1.82, 2.24) is 19.9 Å². The molecule has 0 saturated carbocycles. The number of ether oxygens (including phenoxy) is 2. The number of aromatic nitrogens is 4. The van der Waals surface area contributed by atoms with Crippen LogP contribution in [0.2, 0.25) is 0 Å². The van der Waals surface area contributed by atoms with E-state index >= 15 is 4.39 Å². The highest BCUT2D eigenvalue weighted by molar-refractivity contribution is 5.97. The van der Waals surface area contributed by atoms with Crippen LogP contribution in [0.3, 0.4) is 0 Å². The molecule has 0 fully saturated rings. The summed E-state index contributed by atoms with van der Waals surface area (Å²) >= 11 is 0. The van der Waals surface area contributed by atoms with Gasteiger partial charge in [0, 0.05) is 40.5 Å². The van der Waals surface area contributed by atoms with Crippen LogP contribution >= 0.6 is 0 Å². The summed E-state index contributed by atoms with van der Waals surface area (Å²) in [4.78, 5) is 40.6. The maximum atomic E-state index is 15.1. The molecule has 3 aromatic heterocycles. The van der Waals surface area contributed by atoms with E-state index in [4.69, 9.17) is 19.4 Å². The highest BCUT2D eigenvalue weighted by atomic mass is 19.3. The summed E-state index contributed by atoms with van der Waals surface area (Å²) in [5, 5.41) is 0. The van der Waals surface area contributed by atoms with Gasteiger partial charge in [0.1, 0.15) is 0 Å². The van der Waals surface area contributed by atoms with Crippen molar-refractivity contribution in [3.63, 3.8) is 0 Å². The third-order valence-corrected chi connectivity index (χ3v) is 8.79. The number of halogens is 3. The van der Waals surface area contributed by atoms with Gasteiger partial charge in [-0.1, -0.05) is 12.7 Å². The zero-order valence-corrected chi connectivity index (χ0v) is 27.1. The number of hydrogen-bond donors (Lipinski definition) is 2. The molecule has 5 heterocycles. The van der Waals surface area contributed by atoms with Crippen molar-refractivity contribution in [2.45, 2.75) is 53.4 Å². The molecule has 47 heavy (non-hydrogen) atoms. The summed E-state index contributed by atoms with van der Waals surface area (Å²) in [5.41, 5.74) is 8.85. The lowest BCUT2D eigenvalue weighted by Gasteiger charge is -2.06. The van der Waals surface area contributed by atoms with Gasteiger partial charge >= 0.3 is 18.0 Å². The quantitative estimate of drug-likeness (QED) is 0.237. The Hall–Kier alpha value is -5.19. The second kappa shape index (κ2) is 13.3. The molecule has 2 aliphatic heterocycles. The van der Waals surface area contributed by atoms with Crippen molar-refractivity contribution in [2.75, 3.05) is 14.2 Å². The predicted octanol–water partition coefficient (Wildman–Crippen LogP) is 8.88. The second-order valence-corrected chi connectivity index (χ2v) is 11.4. The van der Waals surface area contributed by atoms with E-state index < -0.39 is 17.9 Å². The number of methoxy groups -OCH3 is 2. The summed E-state index contributed by atoms with van der Waals surface area (Å²) < 4.78 is 52.4. The number of rotatable bonds is 8. The fourth-order valence-corrected chi connectivity index (χ4v) is 6.05. The average molecular weight is 645 g/mol. The molecule has 244 valence electrons. The molecule has 0 radical (unpaired) electrons. The lowest BCUT2D eigenvalue weighted by Crippen LogP contribution is -2.01. The van der Waals surface area contributed by atoms with Crippen molar-refractivity contribution in [3.8, 4) is 0 Å². The molecule has 8 bridgehead atoms. The highest BCUT2D eigenvalue weighted by Gasteiger charge is 2.24. The van der Waals surface area contributed by atoms with Gasteiger partial charge in [-0.3, -0.25) is 9.59 Å². The lowest BCUT2D eigenvalue weighted by molar-refractivity contribution is -0.141. The third kappa shape index (κ3) is 6.30. The van der Waals surface area contributed by atoms with Crippen molar-refractivity contribution >= 4 is 68.2 Å². The van der Waals surface area contributed by atoms with Crippen LogP contribution in [0, 0.1) is 13.8 Å². The van der Waals surface area contributed by atoms with Gasteiger partial charge in [-0.25, -0.2) is 14.4 Å². The van der Waals surface area contributed by atoms with Crippen molar-refractivity contribution in [3.05, 3.63) is 82.0 Å². The van der Waals surface area contributed by atoms with Crippen LogP contribution in [-0.4, -0.2) is 46.1 Å². The van der Waals surface area contributed by atoms with Gasteiger partial charge in [-0.05, 0) is 98.2 Å². The maximum absolute atomic E-state index is 15.1. The number of fused-ring (bicyclic) bond motifs is 8. The van der Waals surface area contributed by atoms with Crippen molar-refractivity contribution < 1.29 is 32.2 Å². The number of carbonyl (C=O) groups is 2. The van der Waals surface area contributed by atoms with Gasteiger partial charge in [0.15, 0.2) is 5.83 Å². The van der Waals surface area contributed by atoms with Crippen LogP contribution in [0.25, 0.3) is 56.3 Å². The Bertz CT molecular complexity index is 2100. The van der Waals surface area contributed by atoms with E-state index in [1.165, 1.54) is 20.3 Å². The van der Waals surface area contributed by atoms with Gasteiger partial charge in [-0.2, -0.15) is 8.78 Å². The molecular formula is C36H35F3N4O4. The molecule has 0 saturated heterocycles. The topological polar surface area (TPSA) is 110 Å². The molecular weight excluding hydrogens is 609 g/mol. The Labute approximate surface area is 269 Å². The SMILES string of the molecule is C=Cc1c(C)c2cc3nc(cc4nc(cc5[nH]c(cc1[nH]2)c(C)c5C(F)=C(F)F)C(C)=C4CCC(=O)OC)C(CCC(=O)OC)=C3C. The number of carbonyl (C=O) groups excluding carboxylic acids is 2. The monoisotopic (exact) mass is 644 g/mol. The summed E-state index contributed by atoms with van der Waals surface area (Å²) in [6, 6.07) is 6.96. The number of aromatic amines is 2. The number of esters is 2. The highest BCUT2D eigenvalue weighted by Crippen LogP contribution is 2.39. The number of nitrogens with zero attached hydrogens (tertiary/aromatic N) is 2. The van der Waals surface area contributed by atoms with E-state index in [-0.39, 0.29) is 41.9 Å². The molecule has 0 aliphatic carbocycles. The Morgan fingerprint density at radius 3 is 1.70 bits per heavy atom. The van der Waals surface area contributed by atoms with Gasteiger partial charge in [-0.15, -0.1) is 0 Å². The van der Waals surface area contributed by atoms with Gasteiger partial charge in [0.2, 0.25) is 0 Å². The minimum Gasteiger partial charge on any atom is -0.469 e. The van der Waals surface area contributed by atoms with Crippen LogP contribution in [-0.2, 0) is 19.1 Å². The largest absolute Gasteiger partial charge is 0.469 e. The van der Waals surface area contributed by atoms with Crippen molar-refractivity contribution in [1.29, 1.82) is 0 Å². The summed E-state index contributed by atoms with van der Waals surface area (Å²) in [6.45, 7) is 11.2. The predicted molar refractivity (Wildman–Crippen MR) is 178 cm³/mol. The average Bonchev–Trinajstić information content (AvgIpc) is 3.71. The van der Waals surface area contributed by atoms with E-state index in [0.29, 0.717) is 45.8 Å². The van der Waals surface area contributed by atoms with Crippen LogP contribution < -0.4 is 0 Å². The Morgan fingerprint density at radius 1 is 0.723 bits per heavy atom. The minimum atomic E-state index is -2.44. The summed E-state index contributed by atoms with van der Waals surface area (Å²) in [5.74, 6) is -2.41. The standard InChI is InChI=1S/C36H35F3N4O4/c1-8-21-17(2)24-13-25-18(3)22(9-11-32(44)46-6)29(41-25)16-30-23(10-12-33(45)47-7)19(4)26(42-30)15-31-34(35(37)36(38)39)20(5)27(43-31)14-28(21)40-24/h8,13-16,40,43H,1,9-12H2,2-7H3. The van der Waals surface area contributed by atoms with Crippen LogP contribution in [0.4, 0.5) is 13.2 Å². The minimum absolute atomic E-state index is 0.0707. The smallest absolute Gasteiger partial charge is 0.306 e. The molecule has 0 spiro atoms. The fraction of sp³-hybridized carbons (Fsp3) is 0.278. The fourth-order valence-electron chi connectivity index (χ4n) is 6.05. The molecule has 0 unspecified atom stereocenters. The van der Waals surface area contributed by atoms with E-state index in [2.05, 4.69) is 16.5 Å². The molecule has 2 N–H and O–H groups in total. The molecule has 8 nitrogen and oxygen atoms in total. The first-order chi connectivity index (χ1) is 22.4. The third-order valence-electron chi connectivity index (χ3n) is 8.79. The summed E-state index contributed by atoms with van der Waals surface area (Å²) in [6.07, 6.45) is 0.0905. The van der Waals surface area contributed by atoms with Crippen LogP contribution in [0.1, 0.15) is 84.6 Å². The van der Waals surface area contributed by atoms with Crippen LogP contribution in [0.5, 0.6) is 0 Å². The molecule has 5 rings (SSSR count). The first-order valence-corrected chi connectivity index (χ1v) is 15.0. The maximum Gasteiger partial charge on any atom is 0.306 e.